The summed E-state index contributed by atoms with van der Waals surface area (Å²) < 4.78 is 4.60. The molecule has 1 saturated heterocycles. The molecule has 1 atom stereocenters. The summed E-state index contributed by atoms with van der Waals surface area (Å²) in [6, 6.07) is -0.392. The normalized spacial score (nSPS) is 25.6. The number of carbonyl (C=O) groups is 2. The van der Waals surface area contributed by atoms with E-state index in [-0.39, 0.29) is 18.3 Å². The van der Waals surface area contributed by atoms with Gasteiger partial charge in [0.15, 0.2) is 0 Å². The lowest BCUT2D eigenvalue weighted by molar-refractivity contribution is -0.146. The molecule has 2 aliphatic rings. The number of piperazine rings is 1. The van der Waals surface area contributed by atoms with Crippen molar-refractivity contribution in [2.24, 2.45) is 5.92 Å². The molecule has 1 N–H and O–H groups in total. The topological polar surface area (TPSA) is 58.6 Å². The molecule has 17 heavy (non-hydrogen) atoms. The number of nitrogens with zero attached hydrogens (tertiary/aromatic N) is 1. The van der Waals surface area contributed by atoms with E-state index in [1.54, 1.807) is 0 Å². The molecule has 1 unspecified atom stereocenters. The summed E-state index contributed by atoms with van der Waals surface area (Å²) in [6.45, 7) is 2.38. The van der Waals surface area contributed by atoms with Gasteiger partial charge in [0.1, 0.15) is 0 Å². The van der Waals surface area contributed by atoms with Gasteiger partial charge in [-0.05, 0) is 18.8 Å². The van der Waals surface area contributed by atoms with Crippen molar-refractivity contribution in [2.75, 3.05) is 26.7 Å². The molecule has 1 aliphatic heterocycles. The van der Waals surface area contributed by atoms with Crippen LogP contribution in [0.3, 0.4) is 0 Å². The summed E-state index contributed by atoms with van der Waals surface area (Å²) >= 11 is 0. The van der Waals surface area contributed by atoms with Crippen LogP contribution in [0.1, 0.15) is 25.7 Å². The van der Waals surface area contributed by atoms with E-state index in [4.69, 9.17) is 0 Å². The van der Waals surface area contributed by atoms with E-state index in [1.165, 1.54) is 26.4 Å². The van der Waals surface area contributed by atoms with Gasteiger partial charge in [0.05, 0.1) is 19.6 Å². The van der Waals surface area contributed by atoms with Crippen molar-refractivity contribution in [3.05, 3.63) is 0 Å². The van der Waals surface area contributed by atoms with Gasteiger partial charge in [-0.15, -0.1) is 0 Å². The second kappa shape index (κ2) is 5.49. The summed E-state index contributed by atoms with van der Waals surface area (Å²) in [7, 11) is 1.35. The molecule has 0 radical (unpaired) electrons. The largest absolute Gasteiger partial charge is 0.469 e. The lowest BCUT2D eigenvalue weighted by atomic mass is 9.85. The van der Waals surface area contributed by atoms with Crippen LogP contribution >= 0.6 is 0 Å². The van der Waals surface area contributed by atoms with Gasteiger partial charge < -0.3 is 15.0 Å². The maximum atomic E-state index is 12.1. The predicted octanol–water partition coefficient (Wildman–Crippen LogP) is 0.150. The van der Waals surface area contributed by atoms with E-state index in [2.05, 4.69) is 10.1 Å². The van der Waals surface area contributed by atoms with Gasteiger partial charge in [-0.1, -0.05) is 6.42 Å². The Morgan fingerprint density at radius 1 is 1.53 bits per heavy atom. The van der Waals surface area contributed by atoms with Crippen molar-refractivity contribution >= 4 is 11.9 Å². The number of ether oxygens (including phenoxy) is 1. The monoisotopic (exact) mass is 240 g/mol. The molecule has 0 aromatic heterocycles. The van der Waals surface area contributed by atoms with Crippen molar-refractivity contribution in [1.29, 1.82) is 0 Å². The Balaban J connectivity index is 1.86. The number of esters is 1. The fourth-order valence-electron chi connectivity index (χ4n) is 2.37. The quantitative estimate of drug-likeness (QED) is 0.711. The summed E-state index contributed by atoms with van der Waals surface area (Å²) in [6.07, 6.45) is 3.89. The van der Waals surface area contributed by atoms with Gasteiger partial charge in [-0.25, -0.2) is 0 Å². The van der Waals surface area contributed by atoms with Gasteiger partial charge in [0, 0.05) is 19.6 Å². The minimum absolute atomic E-state index is 0.0496. The highest BCUT2D eigenvalue weighted by atomic mass is 16.5. The molecule has 5 heteroatoms. The number of nitrogens with one attached hydrogen (secondary N) is 1. The van der Waals surface area contributed by atoms with Crippen LogP contribution in [0.2, 0.25) is 0 Å². The Kier molecular flexibility index (Phi) is 3.99. The van der Waals surface area contributed by atoms with Gasteiger partial charge >= 0.3 is 5.97 Å². The fraction of sp³-hybridized carbons (Fsp3) is 0.833. The van der Waals surface area contributed by atoms with E-state index in [9.17, 15) is 9.59 Å². The van der Waals surface area contributed by atoms with Gasteiger partial charge in [0.2, 0.25) is 5.91 Å². The van der Waals surface area contributed by atoms with Crippen LogP contribution in [0.15, 0.2) is 0 Å². The third-order valence-corrected chi connectivity index (χ3v) is 3.68. The molecule has 2 fully saturated rings. The molecule has 0 aromatic carbocycles. The second-order valence-electron chi connectivity index (χ2n) is 4.87. The Hall–Kier alpha value is -1.10. The molecule has 0 spiro atoms. The fourth-order valence-corrected chi connectivity index (χ4v) is 2.37. The number of rotatable bonds is 4. The van der Waals surface area contributed by atoms with Crippen LogP contribution in [0.5, 0.6) is 0 Å². The zero-order chi connectivity index (χ0) is 12.3. The highest BCUT2D eigenvalue weighted by Crippen LogP contribution is 2.27. The number of hydrogen-bond acceptors (Lipinski definition) is 4. The summed E-state index contributed by atoms with van der Waals surface area (Å²) in [4.78, 5) is 25.2. The smallest absolute Gasteiger partial charge is 0.307 e. The van der Waals surface area contributed by atoms with Crippen LogP contribution in [0, 0.1) is 5.92 Å². The van der Waals surface area contributed by atoms with Gasteiger partial charge in [0.25, 0.3) is 0 Å². The van der Waals surface area contributed by atoms with Crippen LogP contribution in [0.4, 0.5) is 0 Å². The van der Waals surface area contributed by atoms with Crippen molar-refractivity contribution in [3.63, 3.8) is 0 Å². The average molecular weight is 240 g/mol. The summed E-state index contributed by atoms with van der Waals surface area (Å²) in [5.41, 5.74) is 0. The molecule has 1 aliphatic carbocycles. The van der Waals surface area contributed by atoms with E-state index in [0.717, 1.165) is 19.6 Å². The second-order valence-corrected chi connectivity index (χ2v) is 4.87. The van der Waals surface area contributed by atoms with E-state index >= 15 is 0 Å². The standard InChI is InChI=1S/C12H20N2O3/c1-17-11(15)7-10-12(16)14(6-5-13-10)8-9-3-2-4-9/h9-10,13H,2-8H2,1H3. The molecule has 0 bridgehead atoms. The van der Waals surface area contributed by atoms with Crippen LogP contribution in [-0.2, 0) is 14.3 Å². The van der Waals surface area contributed by atoms with Gasteiger partial charge in [-0.2, -0.15) is 0 Å². The van der Waals surface area contributed by atoms with Gasteiger partial charge in [-0.3, -0.25) is 9.59 Å². The molecule has 96 valence electrons. The Bertz CT molecular complexity index is 302. The van der Waals surface area contributed by atoms with Crippen LogP contribution < -0.4 is 5.32 Å². The number of methoxy groups -OCH3 is 1. The van der Waals surface area contributed by atoms with Crippen LogP contribution in [-0.4, -0.2) is 49.6 Å². The van der Waals surface area contributed by atoms with Crippen molar-refractivity contribution in [2.45, 2.75) is 31.7 Å². The van der Waals surface area contributed by atoms with Crippen LogP contribution in [0.25, 0.3) is 0 Å². The third kappa shape index (κ3) is 2.97. The molecule has 5 nitrogen and oxygen atoms in total. The maximum absolute atomic E-state index is 12.1. The molecule has 0 aromatic rings. The Labute approximate surface area is 101 Å². The van der Waals surface area contributed by atoms with Crippen molar-refractivity contribution in [3.8, 4) is 0 Å². The number of carbonyl (C=O) groups excluding carboxylic acids is 2. The molecule has 2 rings (SSSR count). The predicted molar refractivity (Wildman–Crippen MR) is 62.3 cm³/mol. The zero-order valence-corrected chi connectivity index (χ0v) is 10.3. The number of hydrogen-bond donors (Lipinski definition) is 1. The molecule has 1 saturated carbocycles. The van der Waals surface area contributed by atoms with E-state index in [1.807, 2.05) is 4.90 Å². The molecular formula is C12H20N2O3. The summed E-state index contributed by atoms with van der Waals surface area (Å²) in [5.74, 6) is 0.394. The first kappa shape index (κ1) is 12.4. The van der Waals surface area contributed by atoms with Crippen molar-refractivity contribution in [1.82, 2.24) is 10.2 Å². The Morgan fingerprint density at radius 3 is 2.88 bits per heavy atom. The average Bonchev–Trinajstić information content (AvgIpc) is 2.27. The lowest BCUT2D eigenvalue weighted by Crippen LogP contribution is -2.56. The first-order chi connectivity index (χ1) is 8.20. The summed E-state index contributed by atoms with van der Waals surface area (Å²) in [5, 5.41) is 3.08. The van der Waals surface area contributed by atoms with E-state index in [0.29, 0.717) is 5.92 Å². The van der Waals surface area contributed by atoms with Crippen molar-refractivity contribution < 1.29 is 14.3 Å². The van der Waals surface area contributed by atoms with E-state index < -0.39 is 6.04 Å². The molecular weight excluding hydrogens is 220 g/mol. The SMILES string of the molecule is COC(=O)CC1NCCN(CC2CCC2)C1=O. The minimum atomic E-state index is -0.392. The highest BCUT2D eigenvalue weighted by Gasteiger charge is 2.32. The highest BCUT2D eigenvalue weighted by molar-refractivity contribution is 5.87. The third-order valence-electron chi connectivity index (χ3n) is 3.68. The minimum Gasteiger partial charge on any atom is -0.469 e. The first-order valence-corrected chi connectivity index (χ1v) is 6.29. The maximum Gasteiger partial charge on any atom is 0.307 e. The Morgan fingerprint density at radius 2 is 2.29 bits per heavy atom. The zero-order valence-electron chi connectivity index (χ0n) is 10.3. The molecule has 1 amide bonds. The lowest BCUT2D eigenvalue weighted by Gasteiger charge is -2.37. The number of amides is 1. The molecule has 1 heterocycles. The first-order valence-electron chi connectivity index (χ1n) is 6.29.